The van der Waals surface area contributed by atoms with Gasteiger partial charge in [0.05, 0.1) is 6.61 Å². The molecule has 0 aromatic heterocycles. The molecule has 0 atom stereocenters. The van der Waals surface area contributed by atoms with E-state index in [4.69, 9.17) is 4.74 Å². The summed E-state index contributed by atoms with van der Waals surface area (Å²) in [5.41, 5.74) is 1.35. The molecule has 0 radical (unpaired) electrons. The van der Waals surface area contributed by atoms with Gasteiger partial charge in [-0.1, -0.05) is 49.4 Å². The second kappa shape index (κ2) is 7.14. The molecule has 2 rings (SSSR count). The van der Waals surface area contributed by atoms with Crippen molar-refractivity contribution in [3.8, 4) is 0 Å². The minimum atomic E-state index is 0.790. The van der Waals surface area contributed by atoms with E-state index < -0.39 is 0 Å². The fourth-order valence-corrected chi connectivity index (χ4v) is 2.06. The number of nitrogens with one attached hydrogen (secondary N) is 1. The first-order chi connectivity index (χ1) is 8.92. The van der Waals surface area contributed by atoms with Gasteiger partial charge in [0.1, 0.15) is 0 Å². The first-order valence-electron chi connectivity index (χ1n) is 6.67. The third-order valence-corrected chi connectivity index (χ3v) is 2.97. The molecule has 0 saturated heterocycles. The summed E-state index contributed by atoms with van der Waals surface area (Å²) in [5, 5.41) is 6.07. The maximum atomic E-state index is 5.45. The van der Waals surface area contributed by atoms with Crippen LogP contribution in [-0.4, -0.2) is 19.8 Å². The highest BCUT2D eigenvalue weighted by atomic mass is 16.5. The van der Waals surface area contributed by atoms with Crippen LogP contribution in [0.5, 0.6) is 0 Å². The Labute approximate surface area is 109 Å². The fourth-order valence-electron chi connectivity index (χ4n) is 2.06. The van der Waals surface area contributed by atoms with Crippen LogP contribution in [-0.2, 0) is 11.3 Å². The smallest absolute Gasteiger partial charge is 0.0591 e. The number of benzene rings is 2. The third kappa shape index (κ3) is 3.56. The van der Waals surface area contributed by atoms with Crippen molar-refractivity contribution in [3.05, 3.63) is 48.0 Å². The molecule has 2 nitrogen and oxygen atoms in total. The summed E-state index contributed by atoms with van der Waals surface area (Å²) in [7, 11) is 0. The van der Waals surface area contributed by atoms with Crippen molar-refractivity contribution in [1.29, 1.82) is 0 Å². The zero-order chi connectivity index (χ0) is 12.6. The lowest BCUT2D eigenvalue weighted by Gasteiger charge is -2.08. The maximum Gasteiger partial charge on any atom is 0.0591 e. The lowest BCUT2D eigenvalue weighted by atomic mass is 10.0. The molecule has 0 heterocycles. The van der Waals surface area contributed by atoms with Crippen molar-refractivity contribution < 1.29 is 4.74 Å². The topological polar surface area (TPSA) is 21.3 Å². The van der Waals surface area contributed by atoms with Gasteiger partial charge in [-0.05, 0) is 22.8 Å². The van der Waals surface area contributed by atoms with Crippen LogP contribution in [0.4, 0.5) is 0 Å². The molecule has 0 bridgehead atoms. The standard InChI is InChI=1S/C16H21NO/c1-2-11-18-12-10-17-13-15-8-5-7-14-6-3-4-9-16(14)15/h3-9,17H,2,10-13H2,1H3. The fraction of sp³-hybridized carbons (Fsp3) is 0.375. The molecule has 0 fully saturated rings. The lowest BCUT2D eigenvalue weighted by molar-refractivity contribution is 0.136. The van der Waals surface area contributed by atoms with Crippen LogP contribution in [0, 0.1) is 0 Å². The summed E-state index contributed by atoms with van der Waals surface area (Å²) in [6, 6.07) is 15.0. The average molecular weight is 243 g/mol. The Morgan fingerprint density at radius 1 is 1.00 bits per heavy atom. The third-order valence-electron chi connectivity index (χ3n) is 2.97. The van der Waals surface area contributed by atoms with Gasteiger partial charge in [0.25, 0.3) is 0 Å². The minimum Gasteiger partial charge on any atom is -0.380 e. The van der Waals surface area contributed by atoms with Crippen molar-refractivity contribution in [3.63, 3.8) is 0 Å². The second-order valence-corrected chi connectivity index (χ2v) is 4.43. The molecule has 2 aromatic rings. The van der Waals surface area contributed by atoms with Crippen LogP contribution in [0.2, 0.25) is 0 Å². The van der Waals surface area contributed by atoms with E-state index in [-0.39, 0.29) is 0 Å². The van der Waals surface area contributed by atoms with Gasteiger partial charge >= 0.3 is 0 Å². The Hall–Kier alpha value is -1.38. The molecule has 2 aromatic carbocycles. The van der Waals surface area contributed by atoms with Crippen LogP contribution in [0.15, 0.2) is 42.5 Å². The Kier molecular flexibility index (Phi) is 5.18. The van der Waals surface area contributed by atoms with Crippen molar-refractivity contribution in [2.75, 3.05) is 19.8 Å². The van der Waals surface area contributed by atoms with Crippen molar-refractivity contribution >= 4 is 10.8 Å². The summed E-state index contributed by atoms with van der Waals surface area (Å²) < 4.78 is 5.45. The van der Waals surface area contributed by atoms with E-state index in [9.17, 15) is 0 Å². The van der Waals surface area contributed by atoms with E-state index in [0.717, 1.165) is 32.7 Å². The number of ether oxygens (including phenoxy) is 1. The Balaban J connectivity index is 1.88. The summed E-state index contributed by atoms with van der Waals surface area (Å²) in [6.07, 6.45) is 1.09. The second-order valence-electron chi connectivity index (χ2n) is 4.43. The van der Waals surface area contributed by atoms with E-state index in [1.54, 1.807) is 0 Å². The SMILES string of the molecule is CCCOCCNCc1cccc2ccccc12. The van der Waals surface area contributed by atoms with Gasteiger partial charge in [0.2, 0.25) is 0 Å². The highest BCUT2D eigenvalue weighted by molar-refractivity contribution is 5.85. The van der Waals surface area contributed by atoms with E-state index in [0.29, 0.717) is 0 Å². The highest BCUT2D eigenvalue weighted by Gasteiger charge is 1.99. The number of hydrogen-bond donors (Lipinski definition) is 1. The average Bonchev–Trinajstić information content (AvgIpc) is 2.43. The normalized spacial score (nSPS) is 10.9. The molecule has 0 unspecified atom stereocenters. The number of hydrogen-bond acceptors (Lipinski definition) is 2. The van der Waals surface area contributed by atoms with Gasteiger partial charge in [0, 0.05) is 19.7 Å². The minimum absolute atomic E-state index is 0.790. The van der Waals surface area contributed by atoms with E-state index >= 15 is 0 Å². The van der Waals surface area contributed by atoms with Gasteiger partial charge in [-0.15, -0.1) is 0 Å². The first-order valence-corrected chi connectivity index (χ1v) is 6.67. The molecule has 0 spiro atoms. The van der Waals surface area contributed by atoms with Gasteiger partial charge in [0.15, 0.2) is 0 Å². The van der Waals surface area contributed by atoms with Crippen LogP contribution >= 0.6 is 0 Å². The molecule has 1 N–H and O–H groups in total. The predicted molar refractivity (Wildman–Crippen MR) is 76.8 cm³/mol. The first kappa shape index (κ1) is 13.1. The van der Waals surface area contributed by atoms with Gasteiger partial charge in [-0.25, -0.2) is 0 Å². The monoisotopic (exact) mass is 243 g/mol. The predicted octanol–water partition coefficient (Wildman–Crippen LogP) is 3.36. The molecule has 0 aliphatic heterocycles. The lowest BCUT2D eigenvalue weighted by Crippen LogP contribution is -2.19. The Morgan fingerprint density at radius 3 is 2.72 bits per heavy atom. The van der Waals surface area contributed by atoms with Gasteiger partial charge in [-0.3, -0.25) is 0 Å². The summed E-state index contributed by atoms with van der Waals surface area (Å²) >= 11 is 0. The Bertz CT molecular complexity index is 476. The molecule has 0 aliphatic carbocycles. The summed E-state index contributed by atoms with van der Waals surface area (Å²) in [5.74, 6) is 0. The largest absolute Gasteiger partial charge is 0.380 e. The molecule has 2 heteroatoms. The van der Waals surface area contributed by atoms with Crippen LogP contribution in [0.1, 0.15) is 18.9 Å². The molecular formula is C16H21NO. The van der Waals surface area contributed by atoms with Crippen LogP contribution in [0.25, 0.3) is 10.8 Å². The molecule has 96 valence electrons. The molecule has 18 heavy (non-hydrogen) atoms. The van der Waals surface area contributed by atoms with Gasteiger partial charge in [-0.2, -0.15) is 0 Å². The van der Waals surface area contributed by atoms with E-state index in [1.807, 2.05) is 0 Å². The van der Waals surface area contributed by atoms with Crippen LogP contribution < -0.4 is 5.32 Å². The highest BCUT2D eigenvalue weighted by Crippen LogP contribution is 2.17. The summed E-state index contributed by atoms with van der Waals surface area (Å²) in [4.78, 5) is 0. The zero-order valence-corrected chi connectivity index (χ0v) is 11.0. The molecular weight excluding hydrogens is 222 g/mol. The zero-order valence-electron chi connectivity index (χ0n) is 11.0. The molecule has 0 aliphatic rings. The molecule has 0 saturated carbocycles. The molecule has 0 amide bonds. The van der Waals surface area contributed by atoms with E-state index in [1.165, 1.54) is 16.3 Å². The van der Waals surface area contributed by atoms with Crippen molar-refractivity contribution in [2.24, 2.45) is 0 Å². The number of fused-ring (bicyclic) bond motifs is 1. The van der Waals surface area contributed by atoms with Gasteiger partial charge < -0.3 is 10.1 Å². The van der Waals surface area contributed by atoms with Crippen LogP contribution in [0.3, 0.4) is 0 Å². The maximum absolute atomic E-state index is 5.45. The van der Waals surface area contributed by atoms with E-state index in [2.05, 4.69) is 54.7 Å². The van der Waals surface area contributed by atoms with Crippen molar-refractivity contribution in [1.82, 2.24) is 5.32 Å². The Morgan fingerprint density at radius 2 is 1.83 bits per heavy atom. The number of rotatable bonds is 7. The van der Waals surface area contributed by atoms with Crippen molar-refractivity contribution in [2.45, 2.75) is 19.9 Å². The summed E-state index contributed by atoms with van der Waals surface area (Å²) in [6.45, 7) is 5.58. The quantitative estimate of drug-likeness (QED) is 0.753.